The van der Waals surface area contributed by atoms with E-state index >= 15 is 0 Å². The lowest BCUT2D eigenvalue weighted by atomic mass is 10.1. The van der Waals surface area contributed by atoms with Crippen molar-refractivity contribution < 1.29 is 9.59 Å². The van der Waals surface area contributed by atoms with Crippen molar-refractivity contribution in [2.24, 2.45) is 0 Å². The SMILES string of the molecule is CC(=O)CCCCCCNC(=O)c1cnc(N(c2ccccc2)c2ccccc2Cl)nc1. The second-order valence-corrected chi connectivity index (χ2v) is 7.92. The van der Waals surface area contributed by atoms with E-state index in [4.69, 9.17) is 11.6 Å². The largest absolute Gasteiger partial charge is 0.352 e. The Bertz CT molecular complexity index is 1030. The van der Waals surface area contributed by atoms with Gasteiger partial charge in [0.2, 0.25) is 5.95 Å². The van der Waals surface area contributed by atoms with E-state index < -0.39 is 0 Å². The molecule has 1 amide bonds. The fourth-order valence-electron chi connectivity index (χ4n) is 3.28. The fraction of sp³-hybridized carbons (Fsp3) is 0.280. The Morgan fingerprint density at radius 2 is 1.56 bits per heavy atom. The number of rotatable bonds is 11. The number of aromatic nitrogens is 2. The summed E-state index contributed by atoms with van der Waals surface area (Å²) in [5.41, 5.74) is 2.02. The van der Waals surface area contributed by atoms with Crippen LogP contribution in [0.4, 0.5) is 17.3 Å². The normalized spacial score (nSPS) is 10.6. The van der Waals surface area contributed by atoms with E-state index in [9.17, 15) is 9.59 Å². The molecule has 166 valence electrons. The second kappa shape index (κ2) is 12.0. The van der Waals surface area contributed by atoms with Gasteiger partial charge in [-0.15, -0.1) is 0 Å². The number of halogens is 1. The molecule has 1 N–H and O–H groups in total. The summed E-state index contributed by atoms with van der Waals surface area (Å²) in [6.07, 6.45) is 7.43. The van der Waals surface area contributed by atoms with Crippen LogP contribution in [0.2, 0.25) is 5.02 Å². The van der Waals surface area contributed by atoms with E-state index in [1.165, 1.54) is 12.4 Å². The Morgan fingerprint density at radius 1 is 0.906 bits per heavy atom. The van der Waals surface area contributed by atoms with Crippen LogP contribution < -0.4 is 10.2 Å². The Morgan fingerprint density at radius 3 is 2.25 bits per heavy atom. The third-order valence-electron chi connectivity index (χ3n) is 4.95. The van der Waals surface area contributed by atoms with E-state index in [1.807, 2.05) is 59.5 Å². The first-order chi connectivity index (χ1) is 15.6. The molecular weight excluding hydrogens is 424 g/mol. The summed E-state index contributed by atoms with van der Waals surface area (Å²) < 4.78 is 0. The Hall–Kier alpha value is -3.25. The standard InChI is InChI=1S/C25H27ClN4O2/c1-19(31)11-5-2-3-10-16-27-24(32)20-17-28-25(29-18-20)30(21-12-6-4-7-13-21)23-15-9-8-14-22(23)26/h4,6-9,12-15,17-18H,2-3,5,10-11,16H2,1H3,(H,27,32). The molecule has 1 heterocycles. The van der Waals surface area contributed by atoms with Crippen LogP contribution in [-0.2, 0) is 4.79 Å². The van der Waals surface area contributed by atoms with Crippen molar-refractivity contribution >= 4 is 40.6 Å². The van der Waals surface area contributed by atoms with Crippen LogP contribution in [0.3, 0.4) is 0 Å². The minimum absolute atomic E-state index is 0.204. The Labute approximate surface area is 193 Å². The summed E-state index contributed by atoms with van der Waals surface area (Å²) in [6.45, 7) is 2.19. The number of nitrogens with one attached hydrogen (secondary N) is 1. The average molecular weight is 451 g/mol. The summed E-state index contributed by atoms with van der Waals surface area (Å²) >= 11 is 6.44. The van der Waals surface area contributed by atoms with Crippen molar-refractivity contribution in [3.8, 4) is 0 Å². The molecule has 7 heteroatoms. The fourth-order valence-corrected chi connectivity index (χ4v) is 3.50. The van der Waals surface area contributed by atoms with Crippen molar-refractivity contribution in [1.82, 2.24) is 15.3 Å². The highest BCUT2D eigenvalue weighted by Gasteiger charge is 2.18. The molecule has 0 fully saturated rings. The molecule has 3 aromatic rings. The van der Waals surface area contributed by atoms with Crippen molar-refractivity contribution in [3.63, 3.8) is 0 Å². The molecule has 0 saturated carbocycles. The lowest BCUT2D eigenvalue weighted by Gasteiger charge is -2.23. The quantitative estimate of drug-likeness (QED) is 0.370. The molecule has 0 aliphatic carbocycles. The maximum Gasteiger partial charge on any atom is 0.254 e. The lowest BCUT2D eigenvalue weighted by molar-refractivity contribution is -0.117. The summed E-state index contributed by atoms with van der Waals surface area (Å²) in [7, 11) is 0. The van der Waals surface area contributed by atoms with Crippen LogP contribution in [0.5, 0.6) is 0 Å². The van der Waals surface area contributed by atoms with E-state index in [2.05, 4.69) is 15.3 Å². The maximum absolute atomic E-state index is 12.4. The van der Waals surface area contributed by atoms with Gasteiger partial charge < -0.3 is 10.1 Å². The highest BCUT2D eigenvalue weighted by atomic mass is 35.5. The van der Waals surface area contributed by atoms with Gasteiger partial charge in [0.1, 0.15) is 5.78 Å². The zero-order valence-corrected chi connectivity index (χ0v) is 18.9. The predicted molar refractivity (Wildman–Crippen MR) is 128 cm³/mol. The number of nitrogens with zero attached hydrogens (tertiary/aromatic N) is 3. The molecule has 32 heavy (non-hydrogen) atoms. The molecular formula is C25H27ClN4O2. The Balaban J connectivity index is 1.64. The molecule has 0 aliphatic rings. The highest BCUT2D eigenvalue weighted by Crippen LogP contribution is 2.36. The molecule has 0 spiro atoms. The number of benzene rings is 2. The molecule has 6 nitrogen and oxygen atoms in total. The monoisotopic (exact) mass is 450 g/mol. The van der Waals surface area contributed by atoms with Crippen LogP contribution in [-0.4, -0.2) is 28.2 Å². The number of unbranched alkanes of at least 4 members (excludes halogenated alkanes) is 3. The number of amides is 1. The summed E-state index contributed by atoms with van der Waals surface area (Å²) in [5, 5.41) is 3.47. The number of ketones is 1. The minimum Gasteiger partial charge on any atom is -0.352 e. The highest BCUT2D eigenvalue weighted by molar-refractivity contribution is 6.33. The van der Waals surface area contributed by atoms with Gasteiger partial charge in [-0.05, 0) is 44.0 Å². The van der Waals surface area contributed by atoms with Gasteiger partial charge in [-0.2, -0.15) is 0 Å². The van der Waals surface area contributed by atoms with Gasteiger partial charge in [0.05, 0.1) is 16.3 Å². The van der Waals surface area contributed by atoms with Crippen LogP contribution in [0.1, 0.15) is 49.4 Å². The Kier molecular flexibility index (Phi) is 8.75. The average Bonchev–Trinajstić information content (AvgIpc) is 2.81. The number of Topliss-reactive ketones (excluding diaryl/α,β-unsaturated/α-hetero) is 1. The zero-order chi connectivity index (χ0) is 22.8. The number of para-hydroxylation sites is 2. The van der Waals surface area contributed by atoms with Gasteiger partial charge in [-0.3, -0.25) is 9.69 Å². The molecule has 2 aromatic carbocycles. The second-order valence-electron chi connectivity index (χ2n) is 7.52. The van der Waals surface area contributed by atoms with Crippen molar-refractivity contribution in [2.75, 3.05) is 11.4 Å². The van der Waals surface area contributed by atoms with Gasteiger partial charge in [-0.25, -0.2) is 9.97 Å². The first-order valence-corrected chi connectivity index (χ1v) is 11.1. The molecule has 1 aromatic heterocycles. The molecule has 0 saturated heterocycles. The van der Waals surface area contributed by atoms with Crippen molar-refractivity contribution in [1.29, 1.82) is 0 Å². The number of anilines is 3. The number of hydrogen-bond acceptors (Lipinski definition) is 5. The van der Waals surface area contributed by atoms with Crippen molar-refractivity contribution in [2.45, 2.75) is 39.0 Å². The summed E-state index contributed by atoms with van der Waals surface area (Å²) in [5.74, 6) is 0.442. The molecule has 0 bridgehead atoms. The molecule has 3 rings (SSSR count). The van der Waals surface area contributed by atoms with Crippen molar-refractivity contribution in [3.05, 3.63) is 77.6 Å². The lowest BCUT2D eigenvalue weighted by Crippen LogP contribution is -2.25. The molecule has 0 atom stereocenters. The molecule has 0 aliphatic heterocycles. The van der Waals surface area contributed by atoms with Gasteiger partial charge in [0.25, 0.3) is 5.91 Å². The first-order valence-electron chi connectivity index (χ1n) is 10.8. The zero-order valence-electron chi connectivity index (χ0n) is 18.1. The smallest absolute Gasteiger partial charge is 0.254 e. The maximum atomic E-state index is 12.4. The van der Waals surface area contributed by atoms with Crippen LogP contribution >= 0.6 is 11.6 Å². The molecule has 0 unspecified atom stereocenters. The van der Waals surface area contributed by atoms with Gasteiger partial charge >= 0.3 is 0 Å². The van der Waals surface area contributed by atoms with Gasteiger partial charge in [0.15, 0.2) is 0 Å². The minimum atomic E-state index is -0.204. The van der Waals surface area contributed by atoms with E-state index in [-0.39, 0.29) is 11.7 Å². The first kappa shape index (κ1) is 23.4. The molecule has 0 radical (unpaired) electrons. The van der Waals surface area contributed by atoms with E-state index in [0.29, 0.717) is 29.5 Å². The number of carbonyl (C=O) groups is 2. The van der Waals surface area contributed by atoms with Gasteiger partial charge in [0, 0.05) is 31.0 Å². The van der Waals surface area contributed by atoms with Crippen LogP contribution in [0.15, 0.2) is 67.0 Å². The van der Waals surface area contributed by atoms with Crippen LogP contribution in [0.25, 0.3) is 0 Å². The summed E-state index contributed by atoms with van der Waals surface area (Å²) in [6, 6.07) is 17.2. The third-order valence-corrected chi connectivity index (χ3v) is 5.27. The van der Waals surface area contributed by atoms with Crippen LogP contribution in [0, 0.1) is 0 Å². The third kappa shape index (κ3) is 6.62. The van der Waals surface area contributed by atoms with E-state index in [0.717, 1.165) is 37.1 Å². The van der Waals surface area contributed by atoms with Gasteiger partial charge in [-0.1, -0.05) is 54.8 Å². The predicted octanol–water partition coefficient (Wildman–Crippen LogP) is 5.87. The topological polar surface area (TPSA) is 75.2 Å². The number of carbonyl (C=O) groups excluding carboxylic acids is 2. The van der Waals surface area contributed by atoms with E-state index in [1.54, 1.807) is 6.92 Å². The number of hydrogen-bond donors (Lipinski definition) is 1. The summed E-state index contributed by atoms with van der Waals surface area (Å²) in [4.78, 5) is 34.1.